The SMILES string of the molecule is CCNC1(CO)CCCC(N2CCCCCC2CC)C1. The maximum absolute atomic E-state index is 9.89. The highest BCUT2D eigenvalue weighted by atomic mass is 16.3. The number of hydrogen-bond acceptors (Lipinski definition) is 3. The largest absolute Gasteiger partial charge is 0.394 e. The van der Waals surface area contributed by atoms with E-state index in [0.717, 1.165) is 25.4 Å². The van der Waals surface area contributed by atoms with E-state index in [4.69, 9.17) is 0 Å². The Morgan fingerprint density at radius 3 is 2.70 bits per heavy atom. The number of rotatable bonds is 5. The van der Waals surface area contributed by atoms with Crippen molar-refractivity contribution < 1.29 is 5.11 Å². The molecule has 0 amide bonds. The lowest BCUT2D eigenvalue weighted by Crippen LogP contribution is -2.57. The summed E-state index contributed by atoms with van der Waals surface area (Å²) in [5, 5.41) is 13.5. The Morgan fingerprint density at radius 1 is 1.15 bits per heavy atom. The number of nitrogens with one attached hydrogen (secondary N) is 1. The molecule has 1 aliphatic heterocycles. The number of hydrogen-bond donors (Lipinski definition) is 2. The van der Waals surface area contributed by atoms with Crippen LogP contribution in [0.25, 0.3) is 0 Å². The number of aliphatic hydroxyl groups is 1. The van der Waals surface area contributed by atoms with Crippen molar-refractivity contribution in [1.82, 2.24) is 10.2 Å². The van der Waals surface area contributed by atoms with Gasteiger partial charge in [-0.2, -0.15) is 0 Å². The third-order valence-electron chi connectivity index (χ3n) is 5.54. The van der Waals surface area contributed by atoms with Crippen molar-refractivity contribution in [2.24, 2.45) is 0 Å². The maximum Gasteiger partial charge on any atom is 0.0613 e. The molecule has 0 aromatic carbocycles. The molecule has 118 valence electrons. The first-order chi connectivity index (χ1) is 9.74. The predicted octanol–water partition coefficient (Wildman–Crippen LogP) is 2.92. The standard InChI is InChI=1S/C17H34N2O/c1-3-15-9-6-5-7-12-19(15)16-10-8-11-17(13-16,14-20)18-4-2/h15-16,18,20H,3-14H2,1-2H3. The van der Waals surface area contributed by atoms with E-state index in [9.17, 15) is 5.11 Å². The van der Waals surface area contributed by atoms with Gasteiger partial charge in [0.1, 0.15) is 0 Å². The zero-order valence-electron chi connectivity index (χ0n) is 13.5. The summed E-state index contributed by atoms with van der Waals surface area (Å²) in [5.74, 6) is 0. The fourth-order valence-electron chi connectivity index (χ4n) is 4.47. The van der Waals surface area contributed by atoms with Gasteiger partial charge in [0.25, 0.3) is 0 Å². The van der Waals surface area contributed by atoms with E-state index in [2.05, 4.69) is 24.1 Å². The normalized spacial score (nSPS) is 36.8. The van der Waals surface area contributed by atoms with E-state index in [1.807, 2.05) is 0 Å². The second-order valence-electron chi connectivity index (χ2n) is 6.87. The molecule has 2 rings (SSSR count). The minimum absolute atomic E-state index is 0.0116. The highest BCUT2D eigenvalue weighted by molar-refractivity contribution is 4.97. The summed E-state index contributed by atoms with van der Waals surface area (Å²) in [6, 6.07) is 1.46. The van der Waals surface area contributed by atoms with E-state index in [-0.39, 0.29) is 5.54 Å². The van der Waals surface area contributed by atoms with Crippen LogP contribution >= 0.6 is 0 Å². The summed E-state index contributed by atoms with van der Waals surface area (Å²) in [7, 11) is 0. The van der Waals surface area contributed by atoms with Gasteiger partial charge in [0.2, 0.25) is 0 Å². The van der Waals surface area contributed by atoms with Crippen LogP contribution in [0.3, 0.4) is 0 Å². The molecule has 1 saturated heterocycles. The Kier molecular flexibility index (Phi) is 6.31. The number of aliphatic hydroxyl groups excluding tert-OH is 1. The van der Waals surface area contributed by atoms with Gasteiger partial charge in [-0.05, 0) is 58.0 Å². The summed E-state index contributed by atoms with van der Waals surface area (Å²) < 4.78 is 0. The van der Waals surface area contributed by atoms with Gasteiger partial charge in [-0.25, -0.2) is 0 Å². The Bertz CT molecular complexity index is 280. The average Bonchev–Trinajstić information content (AvgIpc) is 2.73. The van der Waals surface area contributed by atoms with Crippen molar-refractivity contribution in [1.29, 1.82) is 0 Å². The maximum atomic E-state index is 9.89. The minimum Gasteiger partial charge on any atom is -0.394 e. The summed E-state index contributed by atoms with van der Waals surface area (Å²) in [4.78, 5) is 2.80. The van der Waals surface area contributed by atoms with Crippen molar-refractivity contribution in [3.63, 3.8) is 0 Å². The third kappa shape index (κ3) is 3.75. The van der Waals surface area contributed by atoms with Crippen molar-refractivity contribution in [2.75, 3.05) is 19.7 Å². The molecule has 1 aliphatic carbocycles. The smallest absolute Gasteiger partial charge is 0.0613 e. The Labute approximate surface area is 125 Å². The van der Waals surface area contributed by atoms with Gasteiger partial charge in [0.15, 0.2) is 0 Å². The van der Waals surface area contributed by atoms with Gasteiger partial charge in [-0.3, -0.25) is 4.90 Å². The molecule has 0 aromatic heterocycles. The van der Waals surface area contributed by atoms with Crippen LogP contribution in [-0.4, -0.2) is 47.3 Å². The zero-order valence-corrected chi connectivity index (χ0v) is 13.5. The molecule has 1 heterocycles. The van der Waals surface area contributed by atoms with E-state index in [1.54, 1.807) is 0 Å². The lowest BCUT2D eigenvalue weighted by Gasteiger charge is -2.46. The van der Waals surface area contributed by atoms with Gasteiger partial charge in [0.05, 0.1) is 6.61 Å². The lowest BCUT2D eigenvalue weighted by atomic mass is 9.78. The highest BCUT2D eigenvalue weighted by Crippen LogP contribution is 2.34. The van der Waals surface area contributed by atoms with E-state index in [0.29, 0.717) is 12.6 Å². The second kappa shape index (κ2) is 7.77. The lowest BCUT2D eigenvalue weighted by molar-refractivity contribution is 0.0391. The van der Waals surface area contributed by atoms with Crippen LogP contribution in [0.15, 0.2) is 0 Å². The van der Waals surface area contributed by atoms with Crippen LogP contribution in [0.4, 0.5) is 0 Å². The first-order valence-electron chi connectivity index (χ1n) is 8.86. The van der Waals surface area contributed by atoms with Gasteiger partial charge in [-0.1, -0.05) is 26.7 Å². The second-order valence-corrected chi connectivity index (χ2v) is 6.87. The fraction of sp³-hybridized carbons (Fsp3) is 1.00. The Morgan fingerprint density at radius 2 is 2.00 bits per heavy atom. The molecule has 3 nitrogen and oxygen atoms in total. The molecule has 0 spiro atoms. The van der Waals surface area contributed by atoms with Gasteiger partial charge in [-0.15, -0.1) is 0 Å². The van der Waals surface area contributed by atoms with Crippen LogP contribution in [-0.2, 0) is 0 Å². The number of likely N-dealkylation sites (N-methyl/N-ethyl adjacent to an activating group) is 1. The first-order valence-corrected chi connectivity index (χ1v) is 8.86. The Balaban J connectivity index is 2.05. The molecule has 3 atom stereocenters. The molecular formula is C17H34N2O. The zero-order chi connectivity index (χ0) is 14.4. The Hall–Kier alpha value is -0.120. The van der Waals surface area contributed by atoms with Crippen LogP contribution in [0.1, 0.15) is 71.6 Å². The molecule has 20 heavy (non-hydrogen) atoms. The summed E-state index contributed by atoms with van der Waals surface area (Å²) in [6.45, 7) is 7.03. The molecule has 2 aliphatic rings. The van der Waals surface area contributed by atoms with Gasteiger partial charge < -0.3 is 10.4 Å². The minimum atomic E-state index is -0.0116. The topological polar surface area (TPSA) is 35.5 Å². The average molecular weight is 282 g/mol. The quantitative estimate of drug-likeness (QED) is 0.814. The van der Waals surface area contributed by atoms with Gasteiger partial charge in [0, 0.05) is 17.6 Å². The molecule has 3 unspecified atom stereocenters. The number of nitrogens with zero attached hydrogens (tertiary/aromatic N) is 1. The van der Waals surface area contributed by atoms with Gasteiger partial charge >= 0.3 is 0 Å². The molecule has 0 aromatic rings. The van der Waals surface area contributed by atoms with Crippen LogP contribution < -0.4 is 5.32 Å². The number of likely N-dealkylation sites (tertiary alicyclic amines) is 1. The molecule has 2 N–H and O–H groups in total. The third-order valence-corrected chi connectivity index (χ3v) is 5.54. The summed E-state index contributed by atoms with van der Waals surface area (Å²) >= 11 is 0. The molecule has 0 radical (unpaired) electrons. The highest BCUT2D eigenvalue weighted by Gasteiger charge is 2.38. The van der Waals surface area contributed by atoms with Crippen molar-refractivity contribution in [3.05, 3.63) is 0 Å². The summed E-state index contributed by atoms with van der Waals surface area (Å²) in [5.41, 5.74) is -0.0116. The van der Waals surface area contributed by atoms with E-state index in [1.165, 1.54) is 51.5 Å². The first kappa shape index (κ1) is 16.3. The van der Waals surface area contributed by atoms with E-state index < -0.39 is 0 Å². The molecule has 3 heteroatoms. The molecule has 2 fully saturated rings. The van der Waals surface area contributed by atoms with Crippen LogP contribution in [0.5, 0.6) is 0 Å². The molecule has 0 bridgehead atoms. The fourth-order valence-corrected chi connectivity index (χ4v) is 4.47. The van der Waals surface area contributed by atoms with Crippen LogP contribution in [0, 0.1) is 0 Å². The monoisotopic (exact) mass is 282 g/mol. The van der Waals surface area contributed by atoms with E-state index >= 15 is 0 Å². The van der Waals surface area contributed by atoms with Crippen molar-refractivity contribution >= 4 is 0 Å². The van der Waals surface area contributed by atoms with Crippen molar-refractivity contribution in [2.45, 2.75) is 89.3 Å². The summed E-state index contributed by atoms with van der Waals surface area (Å²) in [6.07, 6.45) is 11.7. The molecular weight excluding hydrogens is 248 g/mol. The predicted molar refractivity (Wildman–Crippen MR) is 85.0 cm³/mol. The van der Waals surface area contributed by atoms with Crippen LogP contribution in [0.2, 0.25) is 0 Å². The van der Waals surface area contributed by atoms with Crippen molar-refractivity contribution in [3.8, 4) is 0 Å². The molecule has 1 saturated carbocycles.